The molecule has 0 aromatic heterocycles. The number of hydrogen-bond donors (Lipinski definition) is 0. The molecule has 1 heterocycles. The predicted octanol–water partition coefficient (Wildman–Crippen LogP) is 2.89. The largest absolute Gasteiger partial charge is 0.444 e. The number of ether oxygens (including phenoxy) is 1. The summed E-state index contributed by atoms with van der Waals surface area (Å²) in [7, 11) is 0. The second kappa shape index (κ2) is 6.51. The summed E-state index contributed by atoms with van der Waals surface area (Å²) in [5, 5.41) is 8.51. The second-order valence-electron chi connectivity index (χ2n) is 4.90. The highest BCUT2D eigenvalue weighted by Gasteiger charge is 2.24. The van der Waals surface area contributed by atoms with Gasteiger partial charge in [0.15, 0.2) is 0 Å². The van der Waals surface area contributed by atoms with Crippen molar-refractivity contribution in [2.24, 2.45) is 0 Å². The summed E-state index contributed by atoms with van der Waals surface area (Å²) in [6, 6.07) is 2.02. The third-order valence-corrected chi connectivity index (χ3v) is 2.33. The Labute approximate surface area is 109 Å². The van der Waals surface area contributed by atoms with Crippen molar-refractivity contribution in [2.75, 3.05) is 13.1 Å². The van der Waals surface area contributed by atoms with E-state index in [9.17, 15) is 4.79 Å². The zero-order valence-corrected chi connectivity index (χ0v) is 11.3. The van der Waals surface area contributed by atoms with Gasteiger partial charge in [0, 0.05) is 19.2 Å². The van der Waals surface area contributed by atoms with Crippen molar-refractivity contribution in [3.63, 3.8) is 0 Å². The summed E-state index contributed by atoms with van der Waals surface area (Å²) in [6.45, 7) is 6.85. The number of nitriles is 1. The predicted molar refractivity (Wildman–Crippen MR) is 68.0 cm³/mol. The first-order valence-corrected chi connectivity index (χ1v) is 5.48. The molecule has 96 valence electrons. The summed E-state index contributed by atoms with van der Waals surface area (Å²) < 4.78 is 5.27. The molecule has 0 bridgehead atoms. The number of piperidine rings is 1. The molecule has 0 saturated carbocycles. The van der Waals surface area contributed by atoms with Crippen molar-refractivity contribution in [3.05, 3.63) is 11.6 Å². The molecule has 0 radical (unpaired) electrons. The van der Waals surface area contributed by atoms with Crippen LogP contribution in [0, 0.1) is 11.3 Å². The van der Waals surface area contributed by atoms with Crippen LogP contribution < -0.4 is 0 Å². The van der Waals surface area contributed by atoms with E-state index in [0.717, 1.165) is 18.4 Å². The third-order valence-electron chi connectivity index (χ3n) is 2.33. The lowest BCUT2D eigenvalue weighted by atomic mass is 10.0. The molecular formula is C12H19ClN2O2. The Morgan fingerprint density at radius 3 is 2.35 bits per heavy atom. The fourth-order valence-electron chi connectivity index (χ4n) is 1.54. The van der Waals surface area contributed by atoms with Crippen molar-refractivity contribution < 1.29 is 9.53 Å². The van der Waals surface area contributed by atoms with Gasteiger partial charge in [-0.25, -0.2) is 4.79 Å². The highest BCUT2D eigenvalue weighted by atomic mass is 35.5. The maximum absolute atomic E-state index is 11.7. The zero-order chi connectivity index (χ0) is 12.2. The van der Waals surface area contributed by atoms with E-state index in [2.05, 4.69) is 0 Å². The molecule has 0 aromatic carbocycles. The highest BCUT2D eigenvalue weighted by molar-refractivity contribution is 5.85. The van der Waals surface area contributed by atoms with E-state index in [1.165, 1.54) is 0 Å². The van der Waals surface area contributed by atoms with Gasteiger partial charge in [-0.05, 0) is 33.6 Å². The van der Waals surface area contributed by atoms with Crippen molar-refractivity contribution in [1.82, 2.24) is 4.90 Å². The quantitative estimate of drug-likeness (QED) is 0.628. The number of likely N-dealkylation sites (tertiary alicyclic amines) is 1. The maximum Gasteiger partial charge on any atom is 0.410 e. The molecule has 0 aromatic rings. The van der Waals surface area contributed by atoms with Gasteiger partial charge in [0.05, 0.1) is 6.07 Å². The van der Waals surface area contributed by atoms with Crippen molar-refractivity contribution in [2.45, 2.75) is 39.2 Å². The Hall–Kier alpha value is -1.21. The van der Waals surface area contributed by atoms with Crippen LogP contribution in [0.15, 0.2) is 11.6 Å². The van der Waals surface area contributed by atoms with E-state index in [-0.39, 0.29) is 18.5 Å². The molecule has 0 atom stereocenters. The summed E-state index contributed by atoms with van der Waals surface area (Å²) in [5.41, 5.74) is 0.669. The van der Waals surface area contributed by atoms with Gasteiger partial charge < -0.3 is 9.64 Å². The molecule has 0 unspecified atom stereocenters. The summed E-state index contributed by atoms with van der Waals surface area (Å²) in [5.74, 6) is 0. The van der Waals surface area contributed by atoms with Crippen LogP contribution in [-0.4, -0.2) is 29.7 Å². The summed E-state index contributed by atoms with van der Waals surface area (Å²) in [6.07, 6.45) is 2.86. The maximum atomic E-state index is 11.7. The number of rotatable bonds is 0. The number of carbonyl (C=O) groups excluding carboxylic acids is 1. The van der Waals surface area contributed by atoms with E-state index >= 15 is 0 Å². The van der Waals surface area contributed by atoms with E-state index in [1.54, 1.807) is 11.0 Å². The highest BCUT2D eigenvalue weighted by Crippen LogP contribution is 2.18. The van der Waals surface area contributed by atoms with Crippen LogP contribution in [0.5, 0.6) is 0 Å². The SMILES string of the molecule is CC(C)(C)OC(=O)N1CCC(=CC#N)CC1.Cl. The molecule has 0 aliphatic carbocycles. The Kier molecular flexibility index (Phi) is 6.04. The minimum absolute atomic E-state index is 0. The smallest absolute Gasteiger partial charge is 0.410 e. The molecule has 1 aliphatic rings. The van der Waals surface area contributed by atoms with Crippen LogP contribution in [-0.2, 0) is 4.74 Å². The Balaban J connectivity index is 0.00000256. The van der Waals surface area contributed by atoms with Crippen molar-refractivity contribution in [3.8, 4) is 6.07 Å². The van der Waals surface area contributed by atoms with E-state index < -0.39 is 5.60 Å². The van der Waals surface area contributed by atoms with Crippen LogP contribution >= 0.6 is 12.4 Å². The number of hydrogen-bond acceptors (Lipinski definition) is 3. The standard InChI is InChI=1S/C12H18N2O2.ClH/c1-12(2,3)16-11(15)14-8-5-10(4-7-13)6-9-14;/h4H,5-6,8-9H2,1-3H3;1H. The Morgan fingerprint density at radius 1 is 1.41 bits per heavy atom. The van der Waals surface area contributed by atoms with Crippen LogP contribution in [0.1, 0.15) is 33.6 Å². The van der Waals surface area contributed by atoms with Crippen molar-refractivity contribution >= 4 is 18.5 Å². The monoisotopic (exact) mass is 258 g/mol. The van der Waals surface area contributed by atoms with Gasteiger partial charge in [-0.1, -0.05) is 5.57 Å². The lowest BCUT2D eigenvalue weighted by Crippen LogP contribution is -2.40. The van der Waals surface area contributed by atoms with Gasteiger partial charge in [-0.15, -0.1) is 12.4 Å². The molecule has 4 nitrogen and oxygen atoms in total. The van der Waals surface area contributed by atoms with Gasteiger partial charge in [0.1, 0.15) is 5.60 Å². The lowest BCUT2D eigenvalue weighted by Gasteiger charge is -2.30. The van der Waals surface area contributed by atoms with Gasteiger partial charge in [-0.3, -0.25) is 0 Å². The van der Waals surface area contributed by atoms with Crippen LogP contribution in [0.3, 0.4) is 0 Å². The first-order valence-electron chi connectivity index (χ1n) is 5.48. The van der Waals surface area contributed by atoms with Gasteiger partial charge in [0.25, 0.3) is 0 Å². The number of carbonyl (C=O) groups is 1. The molecule has 1 aliphatic heterocycles. The molecule has 1 saturated heterocycles. The number of amides is 1. The minimum Gasteiger partial charge on any atom is -0.444 e. The number of nitrogens with zero attached hydrogens (tertiary/aromatic N) is 2. The molecule has 5 heteroatoms. The molecule has 1 amide bonds. The van der Waals surface area contributed by atoms with Crippen LogP contribution in [0.4, 0.5) is 4.79 Å². The Morgan fingerprint density at radius 2 is 1.94 bits per heavy atom. The van der Waals surface area contributed by atoms with E-state index in [4.69, 9.17) is 10.00 Å². The summed E-state index contributed by atoms with van der Waals surface area (Å²) >= 11 is 0. The second-order valence-corrected chi connectivity index (χ2v) is 4.90. The lowest BCUT2D eigenvalue weighted by molar-refractivity contribution is 0.0236. The topological polar surface area (TPSA) is 53.3 Å². The first-order chi connectivity index (χ1) is 7.42. The van der Waals surface area contributed by atoms with Gasteiger partial charge in [0.2, 0.25) is 0 Å². The molecule has 17 heavy (non-hydrogen) atoms. The minimum atomic E-state index is -0.445. The number of halogens is 1. The molecule has 1 fully saturated rings. The molecular weight excluding hydrogens is 240 g/mol. The first kappa shape index (κ1) is 15.8. The fraction of sp³-hybridized carbons (Fsp3) is 0.667. The average molecular weight is 259 g/mol. The average Bonchev–Trinajstić information content (AvgIpc) is 2.16. The molecule has 0 spiro atoms. The van der Waals surface area contributed by atoms with Gasteiger partial charge >= 0.3 is 6.09 Å². The molecule has 1 rings (SSSR count). The molecule has 0 N–H and O–H groups in total. The number of allylic oxidation sites excluding steroid dienone is 1. The normalized spacial score (nSPS) is 15.6. The van der Waals surface area contributed by atoms with E-state index in [0.29, 0.717) is 13.1 Å². The van der Waals surface area contributed by atoms with Crippen LogP contribution in [0.25, 0.3) is 0 Å². The van der Waals surface area contributed by atoms with Gasteiger partial charge in [-0.2, -0.15) is 5.26 Å². The van der Waals surface area contributed by atoms with Crippen LogP contribution in [0.2, 0.25) is 0 Å². The third kappa shape index (κ3) is 5.60. The van der Waals surface area contributed by atoms with Crippen molar-refractivity contribution in [1.29, 1.82) is 5.26 Å². The zero-order valence-electron chi connectivity index (χ0n) is 10.5. The van der Waals surface area contributed by atoms with E-state index in [1.807, 2.05) is 26.8 Å². The summed E-state index contributed by atoms with van der Waals surface area (Å²) in [4.78, 5) is 13.4. The Bertz CT molecular complexity index is 329. The fourth-order valence-corrected chi connectivity index (χ4v) is 1.54.